The summed E-state index contributed by atoms with van der Waals surface area (Å²) in [6.07, 6.45) is 16.7. The van der Waals surface area contributed by atoms with Gasteiger partial charge in [-0.1, -0.05) is 89.8 Å². The van der Waals surface area contributed by atoms with Crippen molar-refractivity contribution in [1.29, 1.82) is 0 Å². The smallest absolute Gasteiger partial charge is 0.296 e. The van der Waals surface area contributed by atoms with E-state index in [1.54, 1.807) is 24.3 Å². The van der Waals surface area contributed by atoms with Crippen LogP contribution in [-0.4, -0.2) is 41.5 Å². The van der Waals surface area contributed by atoms with Crippen LogP contribution in [0.5, 0.6) is 0 Å². The van der Waals surface area contributed by atoms with Crippen LogP contribution in [-0.2, 0) is 23.8 Å². The van der Waals surface area contributed by atoms with Gasteiger partial charge in [0.1, 0.15) is 0 Å². The summed E-state index contributed by atoms with van der Waals surface area (Å²) in [6, 6.07) is 6.70. The van der Waals surface area contributed by atoms with Crippen molar-refractivity contribution in [2.45, 2.75) is 122 Å². The molecule has 0 saturated carbocycles. The molecule has 0 saturated heterocycles. The van der Waals surface area contributed by atoms with Gasteiger partial charge in [-0.15, -0.1) is 0 Å². The molecule has 206 valence electrons. The monoisotopic (exact) mass is 514 g/mol. The Bertz CT molecular complexity index is 648. The zero-order valence-corrected chi connectivity index (χ0v) is 24.0. The molecule has 0 heterocycles. The van der Waals surface area contributed by atoms with Crippen LogP contribution in [0.15, 0.2) is 29.2 Å². The fourth-order valence-electron chi connectivity index (χ4n) is 3.34. The van der Waals surface area contributed by atoms with Crippen molar-refractivity contribution in [3.63, 3.8) is 0 Å². The second kappa shape index (κ2) is 24.7. The minimum Gasteiger partial charge on any atom is -0.381 e. The maximum absolute atomic E-state index is 11.9. The van der Waals surface area contributed by atoms with Gasteiger partial charge < -0.3 is 9.47 Å². The fourth-order valence-corrected chi connectivity index (χ4v) is 4.29. The van der Waals surface area contributed by atoms with E-state index >= 15 is 0 Å². The van der Waals surface area contributed by atoms with Gasteiger partial charge in [-0.2, -0.15) is 8.42 Å². The molecule has 0 aliphatic rings. The van der Waals surface area contributed by atoms with Crippen LogP contribution >= 0.6 is 0 Å². The Kier molecular flexibility index (Phi) is 24.1. The molecule has 0 amide bonds. The number of hydrogen-bond donors (Lipinski definition) is 0. The highest BCUT2D eigenvalue weighted by Crippen LogP contribution is 2.14. The Hall–Kier alpha value is -0.950. The van der Waals surface area contributed by atoms with Gasteiger partial charge in [0.15, 0.2) is 0 Å². The zero-order chi connectivity index (χ0) is 26.0. The maximum Gasteiger partial charge on any atom is 0.296 e. The quantitative estimate of drug-likeness (QED) is 0.115. The van der Waals surface area contributed by atoms with Crippen LogP contribution in [0, 0.1) is 6.92 Å². The zero-order valence-electron chi connectivity index (χ0n) is 23.2. The van der Waals surface area contributed by atoms with E-state index in [1.807, 2.05) is 6.92 Å². The van der Waals surface area contributed by atoms with Crippen LogP contribution in [0.3, 0.4) is 0 Å². The molecule has 0 aliphatic carbocycles. The minimum absolute atomic E-state index is 0.220. The molecule has 5 nitrogen and oxygen atoms in total. The fraction of sp³-hybridized carbons (Fsp3) is 0.793. The largest absolute Gasteiger partial charge is 0.381 e. The lowest BCUT2D eigenvalue weighted by atomic mass is 10.2. The summed E-state index contributed by atoms with van der Waals surface area (Å²) in [6.45, 7) is 12.3. The molecule has 0 fully saturated rings. The molecule has 0 N–H and O–H groups in total. The molecule has 0 radical (unpaired) electrons. The Morgan fingerprint density at radius 1 is 0.543 bits per heavy atom. The van der Waals surface area contributed by atoms with Gasteiger partial charge in [0.05, 0.1) is 11.5 Å². The topological polar surface area (TPSA) is 61.8 Å². The highest BCUT2D eigenvalue weighted by Gasteiger charge is 2.14. The number of aryl methyl sites for hydroxylation is 1. The van der Waals surface area contributed by atoms with Crippen LogP contribution in [0.25, 0.3) is 0 Å². The van der Waals surface area contributed by atoms with Crippen molar-refractivity contribution in [3.8, 4) is 0 Å². The van der Waals surface area contributed by atoms with Crippen LogP contribution in [0.1, 0.15) is 116 Å². The first-order valence-corrected chi connectivity index (χ1v) is 15.5. The van der Waals surface area contributed by atoms with E-state index in [2.05, 4.69) is 20.8 Å². The van der Waals surface area contributed by atoms with Gasteiger partial charge in [0.25, 0.3) is 10.1 Å². The summed E-state index contributed by atoms with van der Waals surface area (Å²) in [5, 5.41) is 0. The summed E-state index contributed by atoms with van der Waals surface area (Å²) < 4.78 is 39.9. The molecule has 1 aromatic carbocycles. The number of unbranched alkanes of at least 4 members (excludes halogenated alkanes) is 10. The molecule has 0 atom stereocenters. The molecule has 1 rings (SSSR count). The average Bonchev–Trinajstić information content (AvgIpc) is 2.85. The standard InChI is InChI=1S/C17H28O4S.C12H26O/c1-3-4-6-13-20-14-7-5-8-15-21-22(18,19)17-11-9-16(2)10-12-17;1-3-5-7-8-10-12-13-11-9-6-4-2/h9-12H,3-8,13-15H2,1-2H3;3-12H2,1-2H3. The number of ether oxygens (including phenoxy) is 2. The van der Waals surface area contributed by atoms with Gasteiger partial charge in [-0.3, -0.25) is 4.18 Å². The number of rotatable bonds is 22. The molecular weight excluding hydrogens is 460 g/mol. The Morgan fingerprint density at radius 3 is 1.40 bits per heavy atom. The van der Waals surface area contributed by atoms with E-state index in [0.717, 1.165) is 57.7 Å². The normalized spacial score (nSPS) is 11.3. The van der Waals surface area contributed by atoms with Crippen molar-refractivity contribution in [3.05, 3.63) is 29.8 Å². The highest BCUT2D eigenvalue weighted by molar-refractivity contribution is 7.86. The molecule has 0 aromatic heterocycles. The predicted molar refractivity (Wildman–Crippen MR) is 148 cm³/mol. The van der Waals surface area contributed by atoms with E-state index in [0.29, 0.717) is 0 Å². The molecule has 1 aromatic rings. The molecule has 35 heavy (non-hydrogen) atoms. The summed E-state index contributed by atoms with van der Waals surface area (Å²) in [4.78, 5) is 0.220. The van der Waals surface area contributed by atoms with E-state index in [9.17, 15) is 8.42 Å². The van der Waals surface area contributed by atoms with Gasteiger partial charge in [0, 0.05) is 26.4 Å². The first-order valence-electron chi connectivity index (χ1n) is 14.1. The second-order valence-corrected chi connectivity index (χ2v) is 10.8. The van der Waals surface area contributed by atoms with E-state index < -0.39 is 10.1 Å². The molecule has 0 bridgehead atoms. The second-order valence-electron chi connectivity index (χ2n) is 9.20. The van der Waals surface area contributed by atoms with Gasteiger partial charge in [-0.05, 0) is 57.6 Å². The molecule has 0 spiro atoms. The van der Waals surface area contributed by atoms with E-state index in [-0.39, 0.29) is 11.5 Å². The summed E-state index contributed by atoms with van der Waals surface area (Å²) >= 11 is 0. The van der Waals surface area contributed by atoms with Crippen molar-refractivity contribution >= 4 is 10.1 Å². The van der Waals surface area contributed by atoms with Crippen molar-refractivity contribution in [2.75, 3.05) is 33.0 Å². The van der Waals surface area contributed by atoms with Gasteiger partial charge in [-0.25, -0.2) is 0 Å². The first-order chi connectivity index (χ1) is 17.0. The third-order valence-electron chi connectivity index (χ3n) is 5.66. The lowest BCUT2D eigenvalue weighted by molar-refractivity contribution is 0.125. The van der Waals surface area contributed by atoms with E-state index in [1.165, 1.54) is 64.2 Å². The molecule has 6 heteroatoms. The number of benzene rings is 1. The van der Waals surface area contributed by atoms with Crippen LogP contribution < -0.4 is 0 Å². The first kappa shape index (κ1) is 34.0. The third-order valence-corrected chi connectivity index (χ3v) is 6.98. The van der Waals surface area contributed by atoms with Crippen LogP contribution in [0.2, 0.25) is 0 Å². The SMILES string of the molecule is CCCCCCCOCCCCC.CCCCCOCCCCCOS(=O)(=O)c1ccc(C)cc1. The molecule has 0 unspecified atom stereocenters. The molecule has 0 aliphatic heterocycles. The van der Waals surface area contributed by atoms with Gasteiger partial charge in [0.2, 0.25) is 0 Å². The third kappa shape index (κ3) is 22.0. The maximum atomic E-state index is 11.9. The van der Waals surface area contributed by atoms with Crippen molar-refractivity contribution < 1.29 is 22.1 Å². The summed E-state index contributed by atoms with van der Waals surface area (Å²) in [5.74, 6) is 0. The lowest BCUT2D eigenvalue weighted by Crippen LogP contribution is -2.08. The van der Waals surface area contributed by atoms with Crippen LogP contribution in [0.4, 0.5) is 0 Å². The highest BCUT2D eigenvalue weighted by atomic mass is 32.2. The Labute approximate surface area is 217 Å². The lowest BCUT2D eigenvalue weighted by Gasteiger charge is -2.06. The van der Waals surface area contributed by atoms with Crippen molar-refractivity contribution in [1.82, 2.24) is 0 Å². The summed E-state index contributed by atoms with van der Waals surface area (Å²) in [5.41, 5.74) is 1.03. The van der Waals surface area contributed by atoms with Gasteiger partial charge >= 0.3 is 0 Å². The van der Waals surface area contributed by atoms with E-state index in [4.69, 9.17) is 13.7 Å². The number of hydrogen-bond acceptors (Lipinski definition) is 5. The van der Waals surface area contributed by atoms with Crippen molar-refractivity contribution in [2.24, 2.45) is 0 Å². The average molecular weight is 515 g/mol. The minimum atomic E-state index is -3.62. The Morgan fingerprint density at radius 2 is 0.914 bits per heavy atom. The summed E-state index contributed by atoms with van der Waals surface area (Å²) in [7, 11) is -3.62. The predicted octanol–water partition coefficient (Wildman–Crippen LogP) is 8.24. The molecular formula is C29H54O5S. The Balaban J connectivity index is 0.000000761.